The maximum Gasteiger partial charge on any atom is 0.417 e. The van der Waals surface area contributed by atoms with E-state index >= 15 is 0 Å². The highest BCUT2D eigenvalue weighted by Gasteiger charge is 2.13. The molecule has 0 radical (unpaired) electrons. The molecule has 98 valence electrons. The molecule has 0 bridgehead atoms. The first-order valence-electron chi connectivity index (χ1n) is 6.06. The average molecular weight is 258 g/mol. The van der Waals surface area contributed by atoms with Crippen LogP contribution in [0.2, 0.25) is 0 Å². The summed E-state index contributed by atoms with van der Waals surface area (Å²) in [6, 6.07) is 5.58. The molecule has 0 fully saturated rings. The van der Waals surface area contributed by atoms with Crippen LogP contribution in [0.15, 0.2) is 27.4 Å². The van der Waals surface area contributed by atoms with Gasteiger partial charge in [0.1, 0.15) is 0 Å². The van der Waals surface area contributed by atoms with Crippen molar-refractivity contribution in [1.82, 2.24) is 15.2 Å². The Kier molecular flexibility index (Phi) is 2.72. The topological polar surface area (TPSA) is 101 Å². The van der Waals surface area contributed by atoms with E-state index in [9.17, 15) is 4.79 Å². The number of nitrogens with two attached hydrogens (primary N) is 1. The fourth-order valence-corrected chi connectivity index (χ4v) is 2.29. The van der Waals surface area contributed by atoms with E-state index in [1.807, 2.05) is 19.1 Å². The number of H-pyrrole nitrogens is 2. The van der Waals surface area contributed by atoms with Crippen LogP contribution in [0, 0.1) is 6.92 Å². The first kappa shape index (κ1) is 11.7. The Morgan fingerprint density at radius 2 is 2.26 bits per heavy atom. The molecule has 6 nitrogen and oxygen atoms in total. The van der Waals surface area contributed by atoms with Crippen LogP contribution in [-0.4, -0.2) is 21.7 Å². The van der Waals surface area contributed by atoms with Gasteiger partial charge in [0.15, 0.2) is 5.58 Å². The molecule has 0 unspecified atom stereocenters. The highest BCUT2D eigenvalue weighted by atomic mass is 16.4. The monoisotopic (exact) mass is 258 g/mol. The van der Waals surface area contributed by atoms with Crippen LogP contribution in [0.1, 0.15) is 11.4 Å². The summed E-state index contributed by atoms with van der Waals surface area (Å²) in [5.41, 5.74) is 10.8. The lowest BCUT2D eigenvalue weighted by Gasteiger charge is -2.03. The second kappa shape index (κ2) is 4.40. The fourth-order valence-electron chi connectivity index (χ4n) is 2.29. The van der Waals surface area contributed by atoms with E-state index in [4.69, 9.17) is 10.2 Å². The molecule has 2 heterocycles. The summed E-state index contributed by atoms with van der Waals surface area (Å²) in [6.07, 6.45) is 0.708. The molecule has 4 N–H and O–H groups in total. The molecule has 0 aliphatic rings. The van der Waals surface area contributed by atoms with E-state index in [1.165, 1.54) is 0 Å². The molecule has 0 saturated heterocycles. The first-order chi connectivity index (χ1) is 9.19. The third-order valence-corrected chi connectivity index (χ3v) is 3.11. The van der Waals surface area contributed by atoms with Gasteiger partial charge in [-0.1, -0.05) is 6.07 Å². The van der Waals surface area contributed by atoms with Crippen molar-refractivity contribution in [2.75, 3.05) is 6.54 Å². The molecule has 0 spiro atoms. The summed E-state index contributed by atoms with van der Waals surface area (Å²) in [5.74, 6) is -0.446. The van der Waals surface area contributed by atoms with Gasteiger partial charge in [-0.3, -0.25) is 10.1 Å². The Balaban J connectivity index is 2.17. The SMILES string of the molecule is Cc1[nH]nc(CCN)c1-c1ccc2oc(=O)[nH]c2c1. The van der Waals surface area contributed by atoms with Gasteiger partial charge in [-0.15, -0.1) is 0 Å². The van der Waals surface area contributed by atoms with E-state index in [2.05, 4.69) is 15.2 Å². The molecule has 19 heavy (non-hydrogen) atoms. The summed E-state index contributed by atoms with van der Waals surface area (Å²) in [7, 11) is 0. The maximum atomic E-state index is 11.2. The highest BCUT2D eigenvalue weighted by molar-refractivity contribution is 5.81. The van der Waals surface area contributed by atoms with E-state index in [-0.39, 0.29) is 0 Å². The Bertz CT molecular complexity index is 781. The zero-order chi connectivity index (χ0) is 13.4. The first-order valence-corrected chi connectivity index (χ1v) is 6.06. The minimum absolute atomic E-state index is 0.446. The number of aromatic nitrogens is 3. The van der Waals surface area contributed by atoms with Gasteiger partial charge < -0.3 is 10.2 Å². The minimum atomic E-state index is -0.446. The Labute approximate surface area is 108 Å². The van der Waals surface area contributed by atoms with Gasteiger partial charge in [-0.25, -0.2) is 4.79 Å². The highest BCUT2D eigenvalue weighted by Crippen LogP contribution is 2.28. The van der Waals surface area contributed by atoms with Gasteiger partial charge in [0.2, 0.25) is 0 Å². The lowest BCUT2D eigenvalue weighted by Crippen LogP contribution is -2.04. The number of oxazole rings is 1. The zero-order valence-electron chi connectivity index (χ0n) is 10.5. The van der Waals surface area contributed by atoms with Gasteiger partial charge in [0, 0.05) is 17.7 Å². The molecule has 2 aromatic heterocycles. The van der Waals surface area contributed by atoms with Crippen LogP contribution >= 0.6 is 0 Å². The van der Waals surface area contributed by atoms with Crippen LogP contribution in [0.5, 0.6) is 0 Å². The van der Waals surface area contributed by atoms with Crippen LogP contribution in [0.3, 0.4) is 0 Å². The van der Waals surface area contributed by atoms with Crippen molar-refractivity contribution in [1.29, 1.82) is 0 Å². The second-order valence-electron chi connectivity index (χ2n) is 4.43. The Hall–Kier alpha value is -2.34. The maximum absolute atomic E-state index is 11.2. The van der Waals surface area contributed by atoms with Gasteiger partial charge in [0.05, 0.1) is 11.2 Å². The number of rotatable bonds is 3. The average Bonchev–Trinajstić information content (AvgIpc) is 2.91. The van der Waals surface area contributed by atoms with Crippen LogP contribution in [0.4, 0.5) is 0 Å². The normalized spacial score (nSPS) is 11.3. The van der Waals surface area contributed by atoms with Gasteiger partial charge in [-0.05, 0) is 31.2 Å². The van der Waals surface area contributed by atoms with Crippen LogP contribution in [0.25, 0.3) is 22.2 Å². The second-order valence-corrected chi connectivity index (χ2v) is 4.43. The third-order valence-electron chi connectivity index (χ3n) is 3.11. The Morgan fingerprint density at radius 3 is 3.05 bits per heavy atom. The molecule has 0 saturated carbocycles. The quantitative estimate of drug-likeness (QED) is 0.659. The number of aryl methyl sites for hydroxylation is 1. The van der Waals surface area contributed by atoms with Crippen LogP contribution < -0.4 is 11.5 Å². The molecule has 0 amide bonds. The molecule has 3 rings (SSSR count). The van der Waals surface area contributed by atoms with Crippen molar-refractivity contribution in [2.45, 2.75) is 13.3 Å². The standard InChI is InChI=1S/C13H14N4O2/c1-7-12(9(4-5-14)17-16-7)8-2-3-11-10(6-8)15-13(18)19-11/h2-3,6H,4-5,14H2,1H3,(H,15,18)(H,16,17). The van der Waals surface area contributed by atoms with Gasteiger partial charge in [-0.2, -0.15) is 5.10 Å². The summed E-state index contributed by atoms with van der Waals surface area (Å²) in [5, 5.41) is 7.24. The van der Waals surface area contributed by atoms with Crippen molar-refractivity contribution < 1.29 is 4.42 Å². The number of nitrogens with one attached hydrogen (secondary N) is 2. The van der Waals surface area contributed by atoms with Crippen molar-refractivity contribution in [3.8, 4) is 11.1 Å². The van der Waals surface area contributed by atoms with E-state index in [0.717, 1.165) is 22.5 Å². The molecule has 0 aliphatic heterocycles. The largest absolute Gasteiger partial charge is 0.417 e. The molecular formula is C13H14N4O2. The number of hydrogen-bond donors (Lipinski definition) is 3. The third kappa shape index (κ3) is 1.96. The molecule has 0 atom stereocenters. The van der Waals surface area contributed by atoms with Crippen molar-refractivity contribution in [3.05, 3.63) is 40.1 Å². The lowest BCUT2D eigenvalue weighted by molar-refractivity contribution is 0.555. The number of benzene rings is 1. The van der Waals surface area contributed by atoms with E-state index < -0.39 is 5.76 Å². The summed E-state index contributed by atoms with van der Waals surface area (Å²) in [4.78, 5) is 13.8. The number of fused-ring (bicyclic) bond motifs is 1. The Morgan fingerprint density at radius 1 is 1.42 bits per heavy atom. The number of hydrogen-bond acceptors (Lipinski definition) is 4. The molecular weight excluding hydrogens is 244 g/mol. The number of aromatic amines is 2. The van der Waals surface area contributed by atoms with Crippen molar-refractivity contribution in [3.63, 3.8) is 0 Å². The summed E-state index contributed by atoms with van der Waals surface area (Å²) >= 11 is 0. The minimum Gasteiger partial charge on any atom is -0.408 e. The van der Waals surface area contributed by atoms with Gasteiger partial charge in [0.25, 0.3) is 0 Å². The lowest BCUT2D eigenvalue weighted by atomic mass is 10.0. The van der Waals surface area contributed by atoms with Crippen molar-refractivity contribution in [2.24, 2.45) is 5.73 Å². The summed E-state index contributed by atoms with van der Waals surface area (Å²) < 4.78 is 4.99. The summed E-state index contributed by atoms with van der Waals surface area (Å²) in [6.45, 7) is 2.51. The molecule has 1 aromatic carbocycles. The predicted octanol–water partition coefficient (Wildman–Crippen LogP) is 1.32. The predicted molar refractivity (Wildman–Crippen MR) is 71.9 cm³/mol. The molecule has 3 aromatic rings. The van der Waals surface area contributed by atoms with E-state index in [0.29, 0.717) is 24.1 Å². The number of nitrogens with zero attached hydrogens (tertiary/aromatic N) is 1. The smallest absolute Gasteiger partial charge is 0.408 e. The van der Waals surface area contributed by atoms with E-state index in [1.54, 1.807) is 6.07 Å². The zero-order valence-corrected chi connectivity index (χ0v) is 10.5. The van der Waals surface area contributed by atoms with Gasteiger partial charge >= 0.3 is 5.76 Å². The molecule has 6 heteroatoms. The fraction of sp³-hybridized carbons (Fsp3) is 0.231. The van der Waals surface area contributed by atoms with Crippen LogP contribution in [-0.2, 0) is 6.42 Å². The molecule has 0 aliphatic carbocycles. The van der Waals surface area contributed by atoms with Crippen molar-refractivity contribution >= 4 is 11.1 Å².